The largest absolute Gasteiger partial charge is 0.480 e. The summed E-state index contributed by atoms with van der Waals surface area (Å²) in [6.07, 6.45) is 0.672. The molecule has 1 heterocycles. The third-order valence-electron chi connectivity index (χ3n) is 2.07. The van der Waals surface area contributed by atoms with Crippen molar-refractivity contribution in [2.45, 2.75) is 18.2 Å². The molecular formula is C9H14N6O3S. The quantitative estimate of drug-likeness (QED) is 0.342. The Bertz CT molecular complexity index is 437. The van der Waals surface area contributed by atoms with Gasteiger partial charge in [0, 0.05) is 0 Å². The van der Waals surface area contributed by atoms with E-state index in [1.807, 2.05) is 0 Å². The SMILES string of the molecule is Nc1nc(N)nc(CSCCC(NC=O)C(=O)O)n1. The van der Waals surface area contributed by atoms with Crippen LogP contribution in [-0.4, -0.2) is 44.2 Å². The van der Waals surface area contributed by atoms with E-state index in [-0.39, 0.29) is 11.9 Å². The zero-order chi connectivity index (χ0) is 14.3. The molecule has 0 radical (unpaired) electrons. The van der Waals surface area contributed by atoms with Gasteiger partial charge in [-0.05, 0) is 12.2 Å². The van der Waals surface area contributed by atoms with Crippen LogP contribution in [0.4, 0.5) is 11.9 Å². The van der Waals surface area contributed by atoms with E-state index in [1.165, 1.54) is 11.8 Å². The number of nitrogens with one attached hydrogen (secondary N) is 1. The van der Waals surface area contributed by atoms with E-state index in [0.29, 0.717) is 30.2 Å². The molecule has 1 aromatic heterocycles. The number of amides is 1. The fourth-order valence-electron chi connectivity index (χ4n) is 1.25. The number of carbonyl (C=O) groups excluding carboxylic acids is 1. The second kappa shape index (κ2) is 7.36. The van der Waals surface area contributed by atoms with Gasteiger partial charge in [-0.3, -0.25) is 4.79 Å². The first-order valence-electron chi connectivity index (χ1n) is 5.29. The van der Waals surface area contributed by atoms with Gasteiger partial charge >= 0.3 is 5.97 Å². The first-order chi connectivity index (χ1) is 9.02. The number of carboxylic acids is 1. The Morgan fingerprint density at radius 1 is 1.37 bits per heavy atom. The molecule has 0 bridgehead atoms. The molecule has 19 heavy (non-hydrogen) atoms. The first-order valence-corrected chi connectivity index (χ1v) is 6.44. The third kappa shape index (κ3) is 5.38. The van der Waals surface area contributed by atoms with Gasteiger partial charge in [-0.25, -0.2) is 4.79 Å². The van der Waals surface area contributed by atoms with Gasteiger partial charge < -0.3 is 21.9 Å². The predicted molar refractivity (Wildman–Crippen MR) is 70.1 cm³/mol. The van der Waals surface area contributed by atoms with Crippen molar-refractivity contribution in [3.05, 3.63) is 5.82 Å². The van der Waals surface area contributed by atoms with Crippen molar-refractivity contribution < 1.29 is 14.7 Å². The average molecular weight is 286 g/mol. The van der Waals surface area contributed by atoms with E-state index >= 15 is 0 Å². The highest BCUT2D eigenvalue weighted by Crippen LogP contribution is 2.12. The molecule has 0 aliphatic carbocycles. The molecule has 1 amide bonds. The van der Waals surface area contributed by atoms with Crippen molar-refractivity contribution >= 4 is 36.0 Å². The van der Waals surface area contributed by atoms with E-state index in [2.05, 4.69) is 20.3 Å². The molecule has 1 rings (SSSR count). The van der Waals surface area contributed by atoms with Crippen LogP contribution >= 0.6 is 11.8 Å². The minimum Gasteiger partial charge on any atom is -0.480 e. The number of aromatic nitrogens is 3. The predicted octanol–water partition coefficient (Wildman–Crippen LogP) is -1.14. The van der Waals surface area contributed by atoms with E-state index in [1.54, 1.807) is 0 Å². The number of nitrogens with zero attached hydrogens (tertiary/aromatic N) is 3. The number of aliphatic carboxylic acids is 1. The lowest BCUT2D eigenvalue weighted by Crippen LogP contribution is -2.36. The van der Waals surface area contributed by atoms with Crippen molar-refractivity contribution in [2.24, 2.45) is 0 Å². The summed E-state index contributed by atoms with van der Waals surface area (Å²) in [7, 11) is 0. The molecule has 0 fully saturated rings. The molecule has 9 nitrogen and oxygen atoms in total. The molecule has 1 aromatic rings. The summed E-state index contributed by atoms with van der Waals surface area (Å²) in [5.74, 6) is 0.419. The van der Waals surface area contributed by atoms with E-state index in [4.69, 9.17) is 16.6 Å². The Hall–Kier alpha value is -2.10. The Morgan fingerprint density at radius 2 is 2.00 bits per heavy atom. The number of nitrogen functional groups attached to an aromatic ring is 2. The van der Waals surface area contributed by atoms with Crippen LogP contribution in [0.25, 0.3) is 0 Å². The highest BCUT2D eigenvalue weighted by Gasteiger charge is 2.15. The molecule has 0 aliphatic heterocycles. The molecule has 0 saturated carbocycles. The maximum atomic E-state index is 10.7. The summed E-state index contributed by atoms with van der Waals surface area (Å²) < 4.78 is 0. The van der Waals surface area contributed by atoms with Crippen LogP contribution in [0, 0.1) is 0 Å². The van der Waals surface area contributed by atoms with Crippen molar-refractivity contribution in [2.75, 3.05) is 17.2 Å². The Kier molecular flexibility index (Phi) is 5.79. The van der Waals surface area contributed by atoms with Gasteiger partial charge in [0.05, 0.1) is 5.75 Å². The lowest BCUT2D eigenvalue weighted by Gasteiger charge is -2.10. The zero-order valence-corrected chi connectivity index (χ0v) is 10.8. The van der Waals surface area contributed by atoms with Gasteiger partial charge in [-0.15, -0.1) is 0 Å². The lowest BCUT2D eigenvalue weighted by atomic mass is 10.2. The minimum atomic E-state index is -1.07. The van der Waals surface area contributed by atoms with Crippen LogP contribution in [0.3, 0.4) is 0 Å². The number of nitrogens with two attached hydrogens (primary N) is 2. The van der Waals surface area contributed by atoms with Gasteiger partial charge in [-0.2, -0.15) is 26.7 Å². The van der Waals surface area contributed by atoms with Crippen LogP contribution in [0.2, 0.25) is 0 Å². The van der Waals surface area contributed by atoms with Gasteiger partial charge in [0.2, 0.25) is 18.3 Å². The Balaban J connectivity index is 2.37. The Morgan fingerprint density at radius 3 is 2.53 bits per heavy atom. The summed E-state index contributed by atoms with van der Waals surface area (Å²) in [5.41, 5.74) is 10.8. The minimum absolute atomic E-state index is 0.0501. The second-order valence-corrected chi connectivity index (χ2v) is 4.59. The molecule has 0 saturated heterocycles. The number of carbonyl (C=O) groups is 2. The van der Waals surface area contributed by atoms with Crippen LogP contribution in [0.15, 0.2) is 0 Å². The summed E-state index contributed by atoms with van der Waals surface area (Å²) >= 11 is 1.41. The van der Waals surface area contributed by atoms with Gasteiger partial charge in [0.1, 0.15) is 11.9 Å². The molecule has 104 valence electrons. The lowest BCUT2D eigenvalue weighted by molar-refractivity contribution is -0.140. The zero-order valence-electron chi connectivity index (χ0n) is 9.94. The molecule has 1 atom stereocenters. The number of carboxylic acid groups (broad SMARTS) is 1. The molecule has 0 aliphatic rings. The van der Waals surface area contributed by atoms with Crippen LogP contribution in [-0.2, 0) is 15.3 Å². The number of anilines is 2. The Labute approximate surface area is 113 Å². The molecule has 0 spiro atoms. The average Bonchev–Trinajstić information content (AvgIpc) is 2.31. The number of hydrogen-bond acceptors (Lipinski definition) is 8. The topological polar surface area (TPSA) is 157 Å². The van der Waals surface area contributed by atoms with Crippen molar-refractivity contribution in [3.63, 3.8) is 0 Å². The maximum absolute atomic E-state index is 10.7. The molecule has 0 aromatic carbocycles. The number of rotatable bonds is 8. The van der Waals surface area contributed by atoms with Crippen molar-refractivity contribution in [1.29, 1.82) is 0 Å². The van der Waals surface area contributed by atoms with E-state index in [9.17, 15) is 9.59 Å². The number of hydrogen-bond donors (Lipinski definition) is 4. The summed E-state index contributed by atoms with van der Waals surface area (Å²) in [6.45, 7) is 0. The maximum Gasteiger partial charge on any atom is 0.326 e. The molecular weight excluding hydrogens is 272 g/mol. The van der Waals surface area contributed by atoms with E-state index in [0.717, 1.165) is 0 Å². The van der Waals surface area contributed by atoms with Crippen LogP contribution < -0.4 is 16.8 Å². The fourth-order valence-corrected chi connectivity index (χ4v) is 2.10. The van der Waals surface area contributed by atoms with Gasteiger partial charge in [0.15, 0.2) is 0 Å². The van der Waals surface area contributed by atoms with Crippen molar-refractivity contribution in [3.8, 4) is 0 Å². The normalized spacial score (nSPS) is 11.8. The summed E-state index contributed by atoms with van der Waals surface area (Å²) in [6, 6.07) is -0.890. The molecule has 6 N–H and O–H groups in total. The van der Waals surface area contributed by atoms with Gasteiger partial charge in [-0.1, -0.05) is 0 Å². The monoisotopic (exact) mass is 286 g/mol. The standard InChI is InChI=1S/C9H14N6O3S/c10-8-13-6(14-9(11)15-8)3-19-2-1-5(7(17)18)12-4-16/h4-5H,1-3H2,(H,12,16)(H,17,18)(H4,10,11,13,14,15). The highest BCUT2D eigenvalue weighted by atomic mass is 32.2. The third-order valence-corrected chi connectivity index (χ3v) is 3.05. The fraction of sp³-hybridized carbons (Fsp3) is 0.444. The molecule has 1 unspecified atom stereocenters. The molecule has 10 heteroatoms. The summed E-state index contributed by atoms with van der Waals surface area (Å²) in [5, 5.41) is 11.0. The first kappa shape index (κ1) is 15.0. The van der Waals surface area contributed by atoms with Crippen LogP contribution in [0.1, 0.15) is 12.2 Å². The number of thioether (sulfide) groups is 1. The second-order valence-electron chi connectivity index (χ2n) is 3.48. The van der Waals surface area contributed by atoms with Crippen molar-refractivity contribution in [1.82, 2.24) is 20.3 Å². The smallest absolute Gasteiger partial charge is 0.326 e. The summed E-state index contributed by atoms with van der Waals surface area (Å²) in [4.78, 5) is 32.4. The van der Waals surface area contributed by atoms with E-state index < -0.39 is 12.0 Å². The van der Waals surface area contributed by atoms with Crippen LogP contribution in [0.5, 0.6) is 0 Å². The highest BCUT2D eigenvalue weighted by molar-refractivity contribution is 7.98. The van der Waals surface area contributed by atoms with Gasteiger partial charge in [0.25, 0.3) is 0 Å².